The molecule has 0 aromatic heterocycles. The van der Waals surface area contributed by atoms with Crippen molar-refractivity contribution in [2.24, 2.45) is 5.41 Å². The normalized spacial score (nSPS) is 11.7. The molecule has 0 aliphatic heterocycles. The highest BCUT2D eigenvalue weighted by molar-refractivity contribution is 6.19. The maximum absolute atomic E-state index is 12.1. The van der Waals surface area contributed by atoms with Crippen molar-refractivity contribution < 1.29 is 4.79 Å². The zero-order valence-electron chi connectivity index (χ0n) is 13.6. The fraction of sp³-hybridized carbons (Fsp3) is 0.588. The van der Waals surface area contributed by atoms with E-state index in [1.165, 1.54) is 11.1 Å². The van der Waals surface area contributed by atoms with Crippen molar-refractivity contribution in [3.63, 3.8) is 0 Å². The van der Waals surface area contributed by atoms with Crippen LogP contribution in [0.4, 0.5) is 0 Å². The summed E-state index contributed by atoms with van der Waals surface area (Å²) in [5.41, 5.74) is 1.91. The van der Waals surface area contributed by atoms with Crippen molar-refractivity contribution in [1.82, 2.24) is 10.2 Å². The molecule has 4 heteroatoms. The summed E-state index contributed by atoms with van der Waals surface area (Å²) >= 11 is 5.84. The highest BCUT2D eigenvalue weighted by Crippen LogP contribution is 2.18. The average molecular weight is 311 g/mol. The quantitative estimate of drug-likeness (QED) is 0.746. The third-order valence-electron chi connectivity index (χ3n) is 3.79. The Bertz CT molecular complexity index is 456. The van der Waals surface area contributed by atoms with E-state index >= 15 is 0 Å². The number of carbonyl (C=O) groups excluding carboxylic acids is 1. The first-order valence-electron chi connectivity index (χ1n) is 7.58. The average Bonchev–Trinajstić information content (AvgIpc) is 2.50. The first-order chi connectivity index (χ1) is 9.94. The number of amides is 1. The molecule has 0 spiro atoms. The van der Waals surface area contributed by atoms with Gasteiger partial charge in [-0.2, -0.15) is 0 Å². The Morgan fingerprint density at radius 3 is 2.29 bits per heavy atom. The number of nitrogens with zero attached hydrogens (tertiary/aromatic N) is 1. The second-order valence-electron chi connectivity index (χ2n) is 5.93. The fourth-order valence-corrected chi connectivity index (χ4v) is 2.17. The number of nitrogens with one attached hydrogen (secondary N) is 1. The molecule has 0 aliphatic carbocycles. The minimum atomic E-state index is -0.532. The summed E-state index contributed by atoms with van der Waals surface area (Å²) in [5.74, 6) is 0.315. The summed E-state index contributed by atoms with van der Waals surface area (Å²) in [4.78, 5) is 14.5. The zero-order valence-corrected chi connectivity index (χ0v) is 14.3. The largest absolute Gasteiger partial charge is 0.352 e. The van der Waals surface area contributed by atoms with Gasteiger partial charge in [-0.25, -0.2) is 0 Å². The molecule has 0 aliphatic rings. The molecule has 0 heterocycles. The fourth-order valence-electron chi connectivity index (χ4n) is 2.05. The molecular weight excluding hydrogens is 284 g/mol. The van der Waals surface area contributed by atoms with Crippen molar-refractivity contribution in [2.75, 3.05) is 19.0 Å². The SMILES string of the molecule is CCN(CC)Cc1ccccc1CNC(=O)C(C)(C)CCl. The van der Waals surface area contributed by atoms with E-state index in [2.05, 4.69) is 36.2 Å². The van der Waals surface area contributed by atoms with Gasteiger partial charge in [0.15, 0.2) is 0 Å². The highest BCUT2D eigenvalue weighted by atomic mass is 35.5. The third kappa shape index (κ3) is 5.33. The summed E-state index contributed by atoms with van der Waals surface area (Å²) in [6, 6.07) is 8.27. The summed E-state index contributed by atoms with van der Waals surface area (Å²) in [5, 5.41) is 3.00. The van der Waals surface area contributed by atoms with Crippen LogP contribution in [0.25, 0.3) is 0 Å². The molecule has 0 saturated carbocycles. The summed E-state index contributed by atoms with van der Waals surface area (Å²) in [6.45, 7) is 11.6. The van der Waals surface area contributed by atoms with Crippen molar-refractivity contribution in [1.29, 1.82) is 0 Å². The molecule has 1 rings (SSSR count). The molecular formula is C17H27ClN2O. The molecule has 1 N–H and O–H groups in total. The summed E-state index contributed by atoms with van der Waals surface area (Å²) in [6.07, 6.45) is 0. The van der Waals surface area contributed by atoms with Crippen LogP contribution in [-0.4, -0.2) is 29.8 Å². The second kappa shape index (κ2) is 8.40. The summed E-state index contributed by atoms with van der Waals surface area (Å²) in [7, 11) is 0. The lowest BCUT2D eigenvalue weighted by Gasteiger charge is -2.22. The topological polar surface area (TPSA) is 32.3 Å². The van der Waals surface area contributed by atoms with Crippen LogP contribution in [0.15, 0.2) is 24.3 Å². The molecule has 118 valence electrons. The molecule has 1 aromatic rings. The highest BCUT2D eigenvalue weighted by Gasteiger charge is 2.26. The molecule has 3 nitrogen and oxygen atoms in total. The van der Waals surface area contributed by atoms with E-state index in [0.717, 1.165) is 19.6 Å². The number of hydrogen-bond donors (Lipinski definition) is 1. The van der Waals surface area contributed by atoms with Gasteiger partial charge >= 0.3 is 0 Å². The van der Waals surface area contributed by atoms with Gasteiger partial charge in [0.05, 0.1) is 5.41 Å². The van der Waals surface area contributed by atoms with Crippen LogP contribution in [0, 0.1) is 5.41 Å². The second-order valence-corrected chi connectivity index (χ2v) is 6.20. The monoisotopic (exact) mass is 310 g/mol. The van der Waals surface area contributed by atoms with Gasteiger partial charge in [0, 0.05) is 19.0 Å². The maximum Gasteiger partial charge on any atom is 0.227 e. The van der Waals surface area contributed by atoms with Crippen LogP contribution in [0.2, 0.25) is 0 Å². The first-order valence-corrected chi connectivity index (χ1v) is 8.11. The van der Waals surface area contributed by atoms with Gasteiger partial charge < -0.3 is 5.32 Å². The number of hydrogen-bond acceptors (Lipinski definition) is 2. The van der Waals surface area contributed by atoms with Crippen molar-refractivity contribution in [3.8, 4) is 0 Å². The predicted octanol–water partition coefficient (Wildman–Crippen LogP) is 3.41. The molecule has 1 amide bonds. The van der Waals surface area contributed by atoms with Crippen LogP contribution < -0.4 is 5.32 Å². The molecule has 0 saturated heterocycles. The summed E-state index contributed by atoms with van der Waals surface area (Å²) < 4.78 is 0. The van der Waals surface area contributed by atoms with E-state index in [1.54, 1.807) is 0 Å². The van der Waals surface area contributed by atoms with E-state index in [9.17, 15) is 4.79 Å². The van der Waals surface area contributed by atoms with Gasteiger partial charge in [0.1, 0.15) is 0 Å². The lowest BCUT2D eigenvalue weighted by Crippen LogP contribution is -2.38. The van der Waals surface area contributed by atoms with Gasteiger partial charge in [-0.05, 0) is 38.1 Å². The van der Waals surface area contributed by atoms with Crippen LogP contribution in [0.5, 0.6) is 0 Å². The zero-order chi connectivity index (χ0) is 15.9. The Morgan fingerprint density at radius 2 is 1.76 bits per heavy atom. The smallest absolute Gasteiger partial charge is 0.227 e. The van der Waals surface area contributed by atoms with Gasteiger partial charge in [-0.15, -0.1) is 11.6 Å². The number of carbonyl (C=O) groups is 1. The van der Waals surface area contributed by atoms with Crippen molar-refractivity contribution >= 4 is 17.5 Å². The number of benzene rings is 1. The number of alkyl halides is 1. The Hall–Kier alpha value is -1.06. The van der Waals surface area contributed by atoms with Gasteiger partial charge in [-0.1, -0.05) is 38.1 Å². The van der Waals surface area contributed by atoms with Gasteiger partial charge in [0.25, 0.3) is 0 Å². The Kier molecular flexibility index (Phi) is 7.20. The van der Waals surface area contributed by atoms with E-state index in [1.807, 2.05) is 26.0 Å². The molecule has 0 radical (unpaired) electrons. The molecule has 0 bridgehead atoms. The molecule has 0 fully saturated rings. The van der Waals surface area contributed by atoms with Gasteiger partial charge in [-0.3, -0.25) is 9.69 Å². The lowest BCUT2D eigenvalue weighted by molar-refractivity contribution is -0.128. The number of rotatable bonds is 8. The first kappa shape index (κ1) is 18.0. The minimum absolute atomic E-state index is 0.00450. The van der Waals surface area contributed by atoms with Crippen LogP contribution in [0.1, 0.15) is 38.8 Å². The standard InChI is InChI=1S/C17H27ClN2O/c1-5-20(6-2)12-15-10-8-7-9-14(15)11-19-16(21)17(3,4)13-18/h7-10H,5-6,11-13H2,1-4H3,(H,19,21). The van der Waals surface area contributed by atoms with Crippen LogP contribution >= 0.6 is 11.6 Å². The number of halogens is 1. The predicted molar refractivity (Wildman–Crippen MR) is 89.4 cm³/mol. The Balaban J connectivity index is 2.73. The molecule has 0 unspecified atom stereocenters. The van der Waals surface area contributed by atoms with E-state index in [4.69, 9.17) is 11.6 Å². The van der Waals surface area contributed by atoms with E-state index in [-0.39, 0.29) is 5.91 Å². The minimum Gasteiger partial charge on any atom is -0.352 e. The molecule has 1 aromatic carbocycles. The maximum atomic E-state index is 12.1. The molecule has 21 heavy (non-hydrogen) atoms. The van der Waals surface area contributed by atoms with Gasteiger partial charge in [0.2, 0.25) is 5.91 Å². The lowest BCUT2D eigenvalue weighted by atomic mass is 9.95. The van der Waals surface area contributed by atoms with E-state index in [0.29, 0.717) is 12.4 Å². The third-order valence-corrected chi connectivity index (χ3v) is 4.46. The van der Waals surface area contributed by atoms with Crippen LogP contribution in [-0.2, 0) is 17.9 Å². The Labute approximate surface area is 133 Å². The Morgan fingerprint density at radius 1 is 1.19 bits per heavy atom. The van der Waals surface area contributed by atoms with Crippen LogP contribution in [0.3, 0.4) is 0 Å². The van der Waals surface area contributed by atoms with Crippen molar-refractivity contribution in [3.05, 3.63) is 35.4 Å². The van der Waals surface area contributed by atoms with Crippen molar-refractivity contribution in [2.45, 2.75) is 40.8 Å². The molecule has 0 atom stereocenters. The van der Waals surface area contributed by atoms with E-state index < -0.39 is 5.41 Å².